The van der Waals surface area contributed by atoms with Gasteiger partial charge in [-0.1, -0.05) is 26.8 Å². The van der Waals surface area contributed by atoms with Crippen molar-refractivity contribution in [2.24, 2.45) is 10.8 Å². The Kier molecular flexibility index (Phi) is 6.52. The van der Waals surface area contributed by atoms with Crippen molar-refractivity contribution in [2.75, 3.05) is 0 Å². The number of hydrazone groups is 1. The number of amides is 2. The van der Waals surface area contributed by atoms with Crippen LogP contribution in [0.25, 0.3) is 0 Å². The molecule has 20 heavy (non-hydrogen) atoms. The van der Waals surface area contributed by atoms with Gasteiger partial charge in [0.15, 0.2) is 0 Å². The zero-order valence-corrected chi connectivity index (χ0v) is 13.0. The molecule has 5 heteroatoms. The highest BCUT2D eigenvalue weighted by atomic mass is 35.5. The number of urea groups is 1. The SMILES string of the molecule is CCc1cc(CC)c(CCl)c(CC)c1/C=N\NC(N)=O. The normalized spacial score (nSPS) is 11.0. The zero-order chi connectivity index (χ0) is 15.1. The Hall–Kier alpha value is -1.55. The molecule has 0 atom stereocenters. The van der Waals surface area contributed by atoms with Crippen molar-refractivity contribution in [3.63, 3.8) is 0 Å². The number of nitrogens with two attached hydrogens (primary N) is 1. The molecule has 0 radical (unpaired) electrons. The zero-order valence-electron chi connectivity index (χ0n) is 12.3. The van der Waals surface area contributed by atoms with Crippen LogP contribution >= 0.6 is 11.6 Å². The van der Waals surface area contributed by atoms with Crippen LogP contribution < -0.4 is 11.2 Å². The van der Waals surface area contributed by atoms with E-state index in [-0.39, 0.29) is 0 Å². The molecular weight excluding hydrogens is 274 g/mol. The van der Waals surface area contributed by atoms with Crippen molar-refractivity contribution in [3.05, 3.63) is 33.9 Å². The molecule has 0 saturated carbocycles. The van der Waals surface area contributed by atoms with Crippen LogP contribution in [0.15, 0.2) is 11.2 Å². The minimum Gasteiger partial charge on any atom is -0.350 e. The number of hydrogen-bond donors (Lipinski definition) is 2. The minimum atomic E-state index is -0.667. The van der Waals surface area contributed by atoms with E-state index >= 15 is 0 Å². The first-order valence-electron chi connectivity index (χ1n) is 6.89. The van der Waals surface area contributed by atoms with Gasteiger partial charge in [-0.3, -0.25) is 0 Å². The van der Waals surface area contributed by atoms with Crippen LogP contribution in [-0.2, 0) is 25.1 Å². The summed E-state index contributed by atoms with van der Waals surface area (Å²) in [5.74, 6) is 0.487. The molecular formula is C15H22ClN3O. The molecule has 1 rings (SSSR count). The maximum absolute atomic E-state index is 10.7. The second-order valence-corrected chi connectivity index (χ2v) is 4.76. The number of primary amides is 1. The number of aryl methyl sites for hydroxylation is 2. The van der Waals surface area contributed by atoms with Gasteiger partial charge < -0.3 is 5.73 Å². The maximum atomic E-state index is 10.7. The van der Waals surface area contributed by atoms with Crippen LogP contribution in [0.5, 0.6) is 0 Å². The van der Waals surface area contributed by atoms with Gasteiger partial charge in [-0.25, -0.2) is 10.2 Å². The van der Waals surface area contributed by atoms with Crippen LogP contribution in [-0.4, -0.2) is 12.2 Å². The van der Waals surface area contributed by atoms with Crippen molar-refractivity contribution >= 4 is 23.8 Å². The lowest BCUT2D eigenvalue weighted by atomic mass is 9.89. The van der Waals surface area contributed by atoms with Gasteiger partial charge in [0.25, 0.3) is 0 Å². The third-order valence-electron chi connectivity index (χ3n) is 3.39. The van der Waals surface area contributed by atoms with Crippen molar-refractivity contribution in [2.45, 2.75) is 45.9 Å². The average Bonchev–Trinajstić information content (AvgIpc) is 2.45. The predicted molar refractivity (Wildman–Crippen MR) is 84.4 cm³/mol. The smallest absolute Gasteiger partial charge is 0.332 e. The van der Waals surface area contributed by atoms with Gasteiger partial charge in [-0.15, -0.1) is 11.6 Å². The van der Waals surface area contributed by atoms with E-state index in [1.807, 2.05) is 0 Å². The summed E-state index contributed by atoms with van der Waals surface area (Å²) in [6, 6.07) is 1.52. The number of alkyl halides is 1. The summed E-state index contributed by atoms with van der Waals surface area (Å²) >= 11 is 6.11. The lowest BCUT2D eigenvalue weighted by molar-refractivity contribution is 0.249. The highest BCUT2D eigenvalue weighted by Gasteiger charge is 2.13. The van der Waals surface area contributed by atoms with Crippen molar-refractivity contribution in [3.8, 4) is 0 Å². The molecule has 1 aromatic rings. The Bertz CT molecular complexity index is 512. The number of nitrogens with zero attached hydrogens (tertiary/aromatic N) is 1. The van der Waals surface area contributed by atoms with Crippen molar-refractivity contribution < 1.29 is 4.79 Å². The molecule has 1 aromatic carbocycles. The van der Waals surface area contributed by atoms with E-state index < -0.39 is 6.03 Å². The summed E-state index contributed by atoms with van der Waals surface area (Å²) in [4.78, 5) is 10.7. The Morgan fingerprint density at radius 2 is 1.90 bits per heavy atom. The molecule has 2 amide bonds. The monoisotopic (exact) mass is 295 g/mol. The number of carbonyl (C=O) groups excluding carboxylic acids is 1. The third-order valence-corrected chi connectivity index (χ3v) is 3.66. The fraction of sp³-hybridized carbons (Fsp3) is 0.467. The molecule has 0 aliphatic heterocycles. The van der Waals surface area contributed by atoms with E-state index in [9.17, 15) is 4.79 Å². The topological polar surface area (TPSA) is 67.5 Å². The Balaban J connectivity index is 3.38. The molecule has 3 N–H and O–H groups in total. The molecule has 4 nitrogen and oxygen atoms in total. The quantitative estimate of drug-likeness (QED) is 0.472. The van der Waals surface area contributed by atoms with E-state index in [1.54, 1.807) is 6.21 Å². The second kappa shape index (κ2) is 7.90. The van der Waals surface area contributed by atoms with Crippen LogP contribution in [0.2, 0.25) is 0 Å². The molecule has 0 spiro atoms. The first kappa shape index (κ1) is 16.5. The van der Waals surface area contributed by atoms with Crippen LogP contribution in [0.1, 0.15) is 48.6 Å². The van der Waals surface area contributed by atoms with Gasteiger partial charge >= 0.3 is 6.03 Å². The van der Waals surface area contributed by atoms with Crippen molar-refractivity contribution in [1.29, 1.82) is 0 Å². The Morgan fingerprint density at radius 3 is 2.35 bits per heavy atom. The number of rotatable bonds is 6. The molecule has 0 aliphatic carbocycles. The summed E-state index contributed by atoms with van der Waals surface area (Å²) in [6.07, 6.45) is 4.40. The number of carbonyl (C=O) groups is 1. The largest absolute Gasteiger partial charge is 0.350 e. The summed E-state index contributed by atoms with van der Waals surface area (Å²) in [7, 11) is 0. The molecule has 0 heterocycles. The van der Waals surface area contributed by atoms with Crippen LogP contribution in [0.3, 0.4) is 0 Å². The van der Waals surface area contributed by atoms with E-state index in [2.05, 4.69) is 37.4 Å². The number of nitrogens with one attached hydrogen (secondary N) is 1. The summed E-state index contributed by atoms with van der Waals surface area (Å²) < 4.78 is 0. The number of benzene rings is 1. The molecule has 0 unspecified atom stereocenters. The molecule has 0 saturated heterocycles. The second-order valence-electron chi connectivity index (χ2n) is 4.49. The minimum absolute atomic E-state index is 0.487. The van der Waals surface area contributed by atoms with Crippen molar-refractivity contribution in [1.82, 2.24) is 5.43 Å². The van der Waals surface area contributed by atoms with E-state index in [4.69, 9.17) is 17.3 Å². The Morgan fingerprint density at radius 1 is 1.25 bits per heavy atom. The lowest BCUT2D eigenvalue weighted by Crippen LogP contribution is -2.24. The lowest BCUT2D eigenvalue weighted by Gasteiger charge is -2.17. The highest BCUT2D eigenvalue weighted by Crippen LogP contribution is 2.26. The van der Waals surface area contributed by atoms with Gasteiger partial charge in [0.2, 0.25) is 0 Å². The average molecular weight is 296 g/mol. The predicted octanol–water partition coefficient (Wildman–Crippen LogP) is 3.11. The standard InChI is InChI=1S/C15H22ClN3O/c1-4-10-7-11(5-2)14(9-18-19-15(17)20)12(6-3)13(10)8-16/h7,9H,4-6,8H2,1-3H3,(H3,17,19,20)/b18-9-. The van der Waals surface area contributed by atoms with E-state index in [0.717, 1.165) is 24.8 Å². The molecule has 0 bridgehead atoms. The summed E-state index contributed by atoms with van der Waals surface area (Å²) in [5.41, 5.74) is 13.2. The highest BCUT2D eigenvalue weighted by molar-refractivity contribution is 6.17. The van der Waals surface area contributed by atoms with E-state index in [1.165, 1.54) is 22.3 Å². The first-order valence-corrected chi connectivity index (χ1v) is 7.43. The molecule has 0 aliphatic rings. The summed E-state index contributed by atoms with van der Waals surface area (Å²) in [6.45, 7) is 6.34. The fourth-order valence-electron chi connectivity index (χ4n) is 2.42. The third kappa shape index (κ3) is 3.73. The van der Waals surface area contributed by atoms with E-state index in [0.29, 0.717) is 5.88 Å². The van der Waals surface area contributed by atoms with Crippen LogP contribution in [0.4, 0.5) is 4.79 Å². The molecule has 0 fully saturated rings. The molecule has 110 valence electrons. The number of halogens is 1. The number of hydrogen-bond acceptors (Lipinski definition) is 2. The maximum Gasteiger partial charge on any atom is 0.332 e. The van der Waals surface area contributed by atoms with Crippen LogP contribution in [0, 0.1) is 0 Å². The van der Waals surface area contributed by atoms with Gasteiger partial charge in [0.05, 0.1) is 6.21 Å². The van der Waals surface area contributed by atoms with Gasteiger partial charge in [0, 0.05) is 11.4 Å². The summed E-state index contributed by atoms with van der Waals surface area (Å²) in [5, 5.41) is 3.90. The Labute approximate surface area is 125 Å². The van der Waals surface area contributed by atoms with Gasteiger partial charge in [0.1, 0.15) is 0 Å². The van der Waals surface area contributed by atoms with Gasteiger partial charge in [-0.2, -0.15) is 5.10 Å². The fourth-order valence-corrected chi connectivity index (χ4v) is 2.76. The molecule has 0 aromatic heterocycles. The first-order chi connectivity index (χ1) is 9.58. The van der Waals surface area contributed by atoms with Gasteiger partial charge in [-0.05, 0) is 41.5 Å².